The Kier molecular flexibility index (Phi) is 19.1. The third kappa shape index (κ3) is 13.9. The highest BCUT2D eigenvalue weighted by atomic mass is 32.2. The first-order valence-electron chi connectivity index (χ1n) is 14.6. The van der Waals surface area contributed by atoms with Crippen LogP contribution in [-0.4, -0.2) is 34.6 Å². The van der Waals surface area contributed by atoms with E-state index >= 15 is 0 Å². The molecule has 0 saturated carbocycles. The van der Waals surface area contributed by atoms with Crippen LogP contribution in [0.2, 0.25) is 0 Å². The predicted molar refractivity (Wildman–Crippen MR) is 172 cm³/mol. The number of carbonyl (C=O) groups is 2. The molecule has 0 aliphatic heterocycles. The van der Waals surface area contributed by atoms with Gasteiger partial charge in [0.25, 0.3) is 0 Å². The number of aromatic hydroxyl groups is 1. The van der Waals surface area contributed by atoms with E-state index in [1.807, 2.05) is 13.8 Å². The van der Waals surface area contributed by atoms with Crippen molar-refractivity contribution in [2.75, 3.05) is 18.2 Å². The number of anilines is 1. The Morgan fingerprint density at radius 3 is 1.93 bits per heavy atom. The Morgan fingerprint density at radius 2 is 1.40 bits per heavy atom. The molecular formula is C34H49NO4S. The van der Waals surface area contributed by atoms with Crippen LogP contribution in [0.15, 0.2) is 79.0 Å². The molecule has 0 aliphatic carbocycles. The van der Waals surface area contributed by atoms with Crippen LogP contribution >= 0.6 is 11.8 Å². The lowest BCUT2D eigenvalue weighted by Gasteiger charge is -2.30. The fraction of sp³-hybridized carbons (Fsp3) is 0.471. The lowest BCUT2D eigenvalue weighted by atomic mass is 10.0. The van der Waals surface area contributed by atoms with Gasteiger partial charge in [0, 0.05) is 5.69 Å². The summed E-state index contributed by atoms with van der Waals surface area (Å²) >= 11 is 1.70. The second kappa shape index (κ2) is 21.8. The number of hydrogen-bond acceptors (Lipinski definition) is 5. The van der Waals surface area contributed by atoms with Crippen LogP contribution < -0.4 is 5.32 Å². The van der Waals surface area contributed by atoms with Crippen molar-refractivity contribution in [3.8, 4) is 5.75 Å². The van der Waals surface area contributed by atoms with E-state index in [4.69, 9.17) is 4.74 Å². The summed E-state index contributed by atoms with van der Waals surface area (Å²) < 4.78 is 4.16. The largest absolute Gasteiger partial charge is 0.507 e. The molecule has 2 N–H and O–H groups in total. The Hall–Kier alpha value is -2.99. The highest BCUT2D eigenvalue weighted by Crippen LogP contribution is 2.35. The van der Waals surface area contributed by atoms with Gasteiger partial charge in [-0.3, -0.25) is 4.79 Å². The first kappa shape index (κ1) is 35.0. The van der Waals surface area contributed by atoms with E-state index in [-0.39, 0.29) is 17.2 Å². The maximum Gasteiger partial charge on any atom is 0.341 e. The van der Waals surface area contributed by atoms with E-state index in [1.54, 1.807) is 17.8 Å². The molecule has 0 spiro atoms. The maximum absolute atomic E-state index is 13.2. The number of thioether (sulfide) groups is 1. The third-order valence-electron chi connectivity index (χ3n) is 6.52. The van der Waals surface area contributed by atoms with Gasteiger partial charge >= 0.3 is 5.97 Å². The summed E-state index contributed by atoms with van der Waals surface area (Å²) in [6, 6.07) is 4.43. The molecule has 40 heavy (non-hydrogen) atoms. The molecule has 6 heteroatoms. The summed E-state index contributed by atoms with van der Waals surface area (Å²) in [6.07, 6.45) is 31.7. The first-order valence-corrected chi connectivity index (χ1v) is 15.5. The molecule has 1 amide bonds. The Morgan fingerprint density at radius 1 is 0.850 bits per heavy atom. The molecule has 0 radical (unpaired) electrons. The molecule has 1 aromatic rings. The average Bonchev–Trinajstić information content (AvgIpc) is 2.97. The highest BCUT2D eigenvalue weighted by molar-refractivity contribution is 8.01. The maximum atomic E-state index is 13.2. The normalized spacial score (nSPS) is 12.5. The number of esters is 1. The third-order valence-corrected chi connectivity index (χ3v) is 8.33. The molecular weight excluding hydrogens is 518 g/mol. The molecule has 0 bridgehead atoms. The Labute approximate surface area is 246 Å². The van der Waals surface area contributed by atoms with Gasteiger partial charge in [-0.25, -0.2) is 4.79 Å². The van der Waals surface area contributed by atoms with Crippen molar-refractivity contribution in [1.29, 1.82) is 0 Å². The number of ether oxygens (including phenoxy) is 1. The number of rotatable bonds is 20. The van der Waals surface area contributed by atoms with Gasteiger partial charge in [-0.2, -0.15) is 0 Å². The quantitative estimate of drug-likeness (QED) is 0.0710. The van der Waals surface area contributed by atoms with Crippen LogP contribution in [-0.2, 0) is 9.53 Å². The predicted octanol–water partition coefficient (Wildman–Crippen LogP) is 9.33. The molecule has 0 heterocycles. The van der Waals surface area contributed by atoms with Gasteiger partial charge in [-0.1, -0.05) is 81.5 Å². The number of nitrogens with one attached hydrogen (secondary N) is 1. The molecule has 0 fully saturated rings. The molecule has 0 aromatic heterocycles. The smallest absolute Gasteiger partial charge is 0.341 e. The topological polar surface area (TPSA) is 75.6 Å². The van der Waals surface area contributed by atoms with E-state index in [2.05, 4.69) is 73.0 Å². The van der Waals surface area contributed by atoms with Gasteiger partial charge in [0.2, 0.25) is 5.91 Å². The number of amides is 1. The van der Waals surface area contributed by atoms with Crippen molar-refractivity contribution in [1.82, 2.24) is 0 Å². The van der Waals surface area contributed by atoms with Crippen molar-refractivity contribution < 1.29 is 19.4 Å². The van der Waals surface area contributed by atoms with E-state index in [0.717, 1.165) is 57.1 Å². The number of unbranched alkanes of at least 4 members (excludes halogenated alkanes) is 2. The fourth-order valence-electron chi connectivity index (χ4n) is 3.97. The van der Waals surface area contributed by atoms with Crippen LogP contribution in [0.4, 0.5) is 5.69 Å². The van der Waals surface area contributed by atoms with Crippen LogP contribution in [0, 0.1) is 0 Å². The lowest BCUT2D eigenvalue weighted by Crippen LogP contribution is -2.39. The monoisotopic (exact) mass is 567 g/mol. The number of phenols is 1. The standard InChI is InChI=1S/C34H49NO4S/c1-5-8-9-10-11-12-13-14-15-16-17-18-19-20-21-22-23-24-27-40-34(6-2,7-3)33(38)35-29-25-26-31(36)30(28-29)32(37)39-4/h8-9,11-12,14-15,17-18,20-21,25-26,28,36H,5-7,10,13,16,19,22-24,27H2,1-4H3,(H,35,38)/b9-8-,12-11-,15-14-,18-17-,21-20-. The van der Waals surface area contributed by atoms with Crippen LogP contribution in [0.1, 0.15) is 95.3 Å². The van der Waals surface area contributed by atoms with Crippen LogP contribution in [0.3, 0.4) is 0 Å². The van der Waals surface area contributed by atoms with E-state index in [1.165, 1.54) is 19.2 Å². The second-order valence-corrected chi connectivity index (χ2v) is 10.9. The van der Waals surface area contributed by atoms with Crippen molar-refractivity contribution in [2.24, 2.45) is 0 Å². The number of hydrogen-bond donors (Lipinski definition) is 2. The van der Waals surface area contributed by atoms with Gasteiger partial charge < -0.3 is 15.2 Å². The minimum atomic E-state index is -0.646. The SMILES string of the molecule is CC/C=C\C/C=C\C/C=C\C/C=C\C/C=C\CCCCSC(CC)(CC)C(=O)Nc1ccc(O)c(C(=O)OC)c1. The summed E-state index contributed by atoms with van der Waals surface area (Å²) in [5.41, 5.74) is 0.495. The van der Waals surface area contributed by atoms with E-state index < -0.39 is 10.7 Å². The molecule has 0 aliphatic rings. The summed E-state index contributed by atoms with van der Waals surface area (Å²) in [5.74, 6) is 0.00143. The number of carbonyl (C=O) groups excluding carboxylic acids is 2. The highest BCUT2D eigenvalue weighted by Gasteiger charge is 2.35. The van der Waals surface area contributed by atoms with Crippen molar-refractivity contribution in [3.05, 3.63) is 84.5 Å². The average molecular weight is 568 g/mol. The number of benzene rings is 1. The zero-order chi connectivity index (χ0) is 29.5. The molecule has 1 rings (SSSR count). The molecule has 0 saturated heterocycles. The minimum absolute atomic E-state index is 0.0293. The molecule has 1 aromatic carbocycles. The Balaban J connectivity index is 2.33. The minimum Gasteiger partial charge on any atom is -0.507 e. The lowest BCUT2D eigenvalue weighted by molar-refractivity contribution is -0.118. The van der Waals surface area contributed by atoms with Gasteiger partial charge in [0.05, 0.1) is 11.9 Å². The van der Waals surface area contributed by atoms with Crippen molar-refractivity contribution in [2.45, 2.75) is 89.7 Å². The number of allylic oxidation sites excluding steroid dienone is 10. The van der Waals surface area contributed by atoms with Gasteiger partial charge in [0.15, 0.2) is 0 Å². The zero-order valence-electron chi connectivity index (χ0n) is 24.9. The van der Waals surface area contributed by atoms with Gasteiger partial charge in [-0.15, -0.1) is 11.8 Å². The van der Waals surface area contributed by atoms with Gasteiger partial charge in [0.1, 0.15) is 11.3 Å². The van der Waals surface area contributed by atoms with Crippen molar-refractivity contribution >= 4 is 29.3 Å². The molecule has 0 unspecified atom stereocenters. The number of phenolic OH excluding ortho intramolecular Hbond substituents is 1. The first-order chi connectivity index (χ1) is 19.4. The summed E-state index contributed by atoms with van der Waals surface area (Å²) in [7, 11) is 1.25. The van der Waals surface area contributed by atoms with Crippen LogP contribution in [0.25, 0.3) is 0 Å². The molecule has 5 nitrogen and oxygen atoms in total. The molecule has 0 atom stereocenters. The summed E-state index contributed by atoms with van der Waals surface area (Å²) in [6.45, 7) is 6.21. The summed E-state index contributed by atoms with van der Waals surface area (Å²) in [5, 5.41) is 12.9. The zero-order valence-corrected chi connectivity index (χ0v) is 25.7. The second-order valence-electron chi connectivity index (χ2n) is 9.43. The number of methoxy groups -OCH3 is 1. The van der Waals surface area contributed by atoms with Gasteiger partial charge in [-0.05, 0) is 88.2 Å². The molecule has 220 valence electrons. The van der Waals surface area contributed by atoms with Crippen molar-refractivity contribution in [3.63, 3.8) is 0 Å². The van der Waals surface area contributed by atoms with Crippen LogP contribution in [0.5, 0.6) is 5.75 Å². The Bertz CT molecular complexity index is 1020. The van der Waals surface area contributed by atoms with E-state index in [0.29, 0.717) is 18.5 Å². The fourth-order valence-corrected chi connectivity index (χ4v) is 5.30. The van der Waals surface area contributed by atoms with E-state index in [9.17, 15) is 14.7 Å². The summed E-state index contributed by atoms with van der Waals surface area (Å²) in [4.78, 5) is 25.1.